The topological polar surface area (TPSA) is 63.1 Å². The summed E-state index contributed by atoms with van der Waals surface area (Å²) >= 11 is 0. The van der Waals surface area contributed by atoms with Crippen LogP contribution in [0, 0.1) is 0 Å². The average Bonchev–Trinajstić information content (AvgIpc) is 3.39. The molecule has 0 bridgehead atoms. The summed E-state index contributed by atoms with van der Waals surface area (Å²) in [5.41, 5.74) is 4.46. The number of benzene rings is 1. The maximum atomic E-state index is 11.1. The molecular weight excluding hydrogens is 288 g/mol. The van der Waals surface area contributed by atoms with Crippen molar-refractivity contribution < 1.29 is 9.90 Å². The predicted octanol–water partition coefficient (Wildman–Crippen LogP) is 3.80. The van der Waals surface area contributed by atoms with Crippen molar-refractivity contribution in [1.82, 2.24) is 9.97 Å². The minimum Gasteiger partial charge on any atom is -0.478 e. The summed E-state index contributed by atoms with van der Waals surface area (Å²) in [7, 11) is 0. The molecule has 0 unspecified atom stereocenters. The molecule has 1 saturated carbocycles. The summed E-state index contributed by atoms with van der Waals surface area (Å²) in [6.45, 7) is 0. The molecule has 4 heteroatoms. The Kier molecular flexibility index (Phi) is 3.30. The van der Waals surface area contributed by atoms with Crippen molar-refractivity contribution in [1.29, 1.82) is 0 Å². The first-order valence-corrected chi connectivity index (χ1v) is 7.76. The monoisotopic (exact) mass is 304 g/mol. The summed E-state index contributed by atoms with van der Waals surface area (Å²) in [5.74, 6) is -0.241. The van der Waals surface area contributed by atoms with E-state index in [2.05, 4.69) is 22.1 Å². The lowest BCUT2D eigenvalue weighted by molar-refractivity contribution is 0.0696. The van der Waals surface area contributed by atoms with Crippen LogP contribution in [0.3, 0.4) is 0 Å². The number of hydrogen-bond acceptors (Lipinski definition) is 3. The Hall–Kier alpha value is -2.75. The van der Waals surface area contributed by atoms with Crippen molar-refractivity contribution in [2.75, 3.05) is 0 Å². The molecule has 1 aromatic carbocycles. The maximum Gasteiger partial charge on any atom is 0.335 e. The molecule has 23 heavy (non-hydrogen) atoms. The van der Waals surface area contributed by atoms with Crippen molar-refractivity contribution in [3.63, 3.8) is 0 Å². The third-order valence-corrected chi connectivity index (χ3v) is 4.26. The zero-order valence-corrected chi connectivity index (χ0v) is 12.6. The van der Waals surface area contributed by atoms with Gasteiger partial charge < -0.3 is 5.11 Å². The molecule has 4 rings (SSSR count). The van der Waals surface area contributed by atoms with Crippen molar-refractivity contribution in [3.8, 4) is 0 Å². The van der Waals surface area contributed by atoms with Crippen LogP contribution >= 0.6 is 0 Å². The van der Waals surface area contributed by atoms with Crippen LogP contribution in [0.4, 0.5) is 0 Å². The highest BCUT2D eigenvalue weighted by Gasteiger charge is 2.23. The Morgan fingerprint density at radius 1 is 1.13 bits per heavy atom. The number of pyridine rings is 2. The predicted molar refractivity (Wildman–Crippen MR) is 87.7 cm³/mol. The molecule has 1 N–H and O–H groups in total. The molecule has 0 radical (unpaired) electrons. The molecule has 1 fully saturated rings. The number of fused-ring (bicyclic) bond motifs is 1. The molecule has 1 aliphatic rings. The molecule has 0 amide bonds. The second-order valence-corrected chi connectivity index (χ2v) is 6.09. The fourth-order valence-corrected chi connectivity index (χ4v) is 2.86. The van der Waals surface area contributed by atoms with Crippen LogP contribution in [0.15, 0.2) is 48.8 Å². The lowest BCUT2D eigenvalue weighted by Crippen LogP contribution is -2.00. The smallest absolute Gasteiger partial charge is 0.335 e. The quantitative estimate of drug-likeness (QED) is 0.796. The highest BCUT2D eigenvalue weighted by Crippen LogP contribution is 2.40. The van der Waals surface area contributed by atoms with Crippen molar-refractivity contribution in [3.05, 3.63) is 71.2 Å². The number of rotatable bonds is 4. The Labute approximate surface area is 133 Å². The molecule has 0 aliphatic heterocycles. The molecule has 0 spiro atoms. The van der Waals surface area contributed by atoms with E-state index in [0.717, 1.165) is 22.2 Å². The van der Waals surface area contributed by atoms with Crippen LogP contribution in [0.2, 0.25) is 0 Å². The number of aromatic nitrogens is 2. The van der Waals surface area contributed by atoms with Crippen LogP contribution < -0.4 is 0 Å². The third kappa shape index (κ3) is 2.93. The second-order valence-electron chi connectivity index (χ2n) is 6.09. The normalized spacial score (nSPS) is 14.1. The molecule has 2 aromatic heterocycles. The standard InChI is InChI=1S/C19H16N2O2/c22-19(23)14-5-6-20-17(10-14)8-12-1-4-18-15(7-12)9-16(11-21-18)13-2-3-13/h1,4-7,9-11,13H,2-3,8H2,(H,22,23). The lowest BCUT2D eigenvalue weighted by Gasteiger charge is -2.06. The Bertz CT molecular complexity index is 901. The van der Waals surface area contributed by atoms with Crippen molar-refractivity contribution in [2.24, 2.45) is 0 Å². The first-order chi connectivity index (χ1) is 11.2. The van der Waals surface area contributed by atoms with Gasteiger partial charge in [-0.3, -0.25) is 9.97 Å². The zero-order chi connectivity index (χ0) is 15.8. The number of carboxylic acid groups (broad SMARTS) is 1. The van der Waals surface area contributed by atoms with Gasteiger partial charge in [0.2, 0.25) is 0 Å². The molecule has 0 atom stereocenters. The van der Waals surface area contributed by atoms with E-state index in [0.29, 0.717) is 12.3 Å². The summed E-state index contributed by atoms with van der Waals surface area (Å²) in [4.78, 5) is 19.9. The van der Waals surface area contributed by atoms with Gasteiger partial charge in [-0.1, -0.05) is 6.07 Å². The Balaban J connectivity index is 1.65. The van der Waals surface area contributed by atoms with E-state index in [1.54, 1.807) is 12.3 Å². The molecule has 2 heterocycles. The number of aromatic carboxylic acids is 1. The summed E-state index contributed by atoms with van der Waals surface area (Å²) in [6.07, 6.45) is 6.67. The van der Waals surface area contributed by atoms with E-state index in [1.807, 2.05) is 18.3 Å². The highest BCUT2D eigenvalue weighted by molar-refractivity contribution is 5.87. The Morgan fingerprint density at radius 3 is 2.78 bits per heavy atom. The van der Waals surface area contributed by atoms with E-state index in [1.165, 1.54) is 24.5 Å². The van der Waals surface area contributed by atoms with Gasteiger partial charge in [0.05, 0.1) is 11.1 Å². The first kappa shape index (κ1) is 13.9. The van der Waals surface area contributed by atoms with Crippen LogP contribution in [0.25, 0.3) is 10.9 Å². The fraction of sp³-hybridized carbons (Fsp3) is 0.211. The van der Waals surface area contributed by atoms with Gasteiger partial charge in [0.1, 0.15) is 0 Å². The second kappa shape index (κ2) is 5.47. The van der Waals surface area contributed by atoms with Crippen LogP contribution in [0.1, 0.15) is 45.9 Å². The van der Waals surface area contributed by atoms with Crippen molar-refractivity contribution in [2.45, 2.75) is 25.2 Å². The number of carboxylic acids is 1. The Morgan fingerprint density at radius 2 is 2.00 bits per heavy atom. The van der Waals surface area contributed by atoms with Gasteiger partial charge in [-0.05, 0) is 60.2 Å². The largest absolute Gasteiger partial charge is 0.478 e. The summed E-state index contributed by atoms with van der Waals surface area (Å²) in [6, 6.07) is 11.5. The van der Waals surface area contributed by atoms with E-state index in [4.69, 9.17) is 5.11 Å². The number of hydrogen-bond donors (Lipinski definition) is 1. The number of carbonyl (C=O) groups is 1. The van der Waals surface area contributed by atoms with Gasteiger partial charge >= 0.3 is 5.97 Å². The molecule has 4 nitrogen and oxygen atoms in total. The van der Waals surface area contributed by atoms with Gasteiger partial charge in [0.15, 0.2) is 0 Å². The van der Waals surface area contributed by atoms with Gasteiger partial charge in [-0.2, -0.15) is 0 Å². The maximum absolute atomic E-state index is 11.1. The van der Waals surface area contributed by atoms with E-state index in [-0.39, 0.29) is 5.56 Å². The summed E-state index contributed by atoms with van der Waals surface area (Å²) < 4.78 is 0. The zero-order valence-electron chi connectivity index (χ0n) is 12.6. The van der Waals surface area contributed by atoms with E-state index in [9.17, 15) is 4.79 Å². The van der Waals surface area contributed by atoms with E-state index >= 15 is 0 Å². The van der Waals surface area contributed by atoms with Crippen LogP contribution in [-0.4, -0.2) is 21.0 Å². The highest BCUT2D eigenvalue weighted by atomic mass is 16.4. The molecule has 1 aliphatic carbocycles. The summed E-state index contributed by atoms with van der Waals surface area (Å²) in [5, 5.41) is 10.2. The molecule has 0 saturated heterocycles. The lowest BCUT2D eigenvalue weighted by atomic mass is 10.0. The van der Waals surface area contributed by atoms with Crippen LogP contribution in [-0.2, 0) is 6.42 Å². The molecular formula is C19H16N2O2. The van der Waals surface area contributed by atoms with Gasteiger partial charge in [0.25, 0.3) is 0 Å². The van der Waals surface area contributed by atoms with E-state index < -0.39 is 5.97 Å². The average molecular weight is 304 g/mol. The van der Waals surface area contributed by atoms with Gasteiger partial charge in [-0.15, -0.1) is 0 Å². The van der Waals surface area contributed by atoms with Crippen molar-refractivity contribution >= 4 is 16.9 Å². The first-order valence-electron chi connectivity index (χ1n) is 7.76. The molecule has 114 valence electrons. The fourth-order valence-electron chi connectivity index (χ4n) is 2.86. The van der Waals surface area contributed by atoms with Gasteiger partial charge in [-0.25, -0.2) is 4.79 Å². The SMILES string of the molecule is O=C(O)c1ccnc(Cc2ccc3ncc(C4CC4)cc3c2)c1. The molecule has 3 aromatic rings. The third-order valence-electron chi connectivity index (χ3n) is 4.26. The minimum absolute atomic E-state index is 0.272. The minimum atomic E-state index is -0.926. The van der Waals surface area contributed by atoms with Gasteiger partial charge in [0, 0.05) is 29.9 Å². The number of nitrogens with zero attached hydrogens (tertiary/aromatic N) is 2. The van der Waals surface area contributed by atoms with Crippen LogP contribution in [0.5, 0.6) is 0 Å².